The number of fused-ring (bicyclic) bond motifs is 1. The van der Waals surface area contributed by atoms with Crippen LogP contribution in [0.4, 0.5) is 5.13 Å². The Kier molecular flexibility index (Phi) is 4.95. The van der Waals surface area contributed by atoms with Gasteiger partial charge in [0.1, 0.15) is 11.5 Å². The number of hydrogen-bond acceptors (Lipinski definition) is 6. The summed E-state index contributed by atoms with van der Waals surface area (Å²) in [6.45, 7) is 0. The Labute approximate surface area is 188 Å². The Hall–Kier alpha value is -3.97. The molecule has 1 saturated heterocycles. The predicted molar refractivity (Wildman–Crippen MR) is 124 cm³/mol. The zero-order valence-electron chi connectivity index (χ0n) is 17.1. The highest BCUT2D eigenvalue weighted by Crippen LogP contribution is 2.44. The largest absolute Gasteiger partial charge is 0.507 e. The van der Waals surface area contributed by atoms with Crippen molar-refractivity contribution in [2.45, 2.75) is 6.04 Å². The van der Waals surface area contributed by atoms with Gasteiger partial charge in [0, 0.05) is 5.56 Å². The minimum absolute atomic E-state index is 0.0330. The minimum Gasteiger partial charge on any atom is -0.507 e. The molecule has 0 radical (unpaired) electrons. The molecule has 0 spiro atoms. The van der Waals surface area contributed by atoms with Gasteiger partial charge in [-0.15, -0.1) is 0 Å². The number of carbonyl (C=O) groups is 2. The number of aliphatic hydroxyl groups is 1. The quantitative estimate of drug-likeness (QED) is 0.275. The molecule has 3 aromatic carbocycles. The number of amides is 1. The molecule has 2 heterocycles. The summed E-state index contributed by atoms with van der Waals surface area (Å²) in [5.41, 5.74) is 1.91. The number of benzene rings is 3. The number of aliphatic hydroxyl groups excluding tert-OH is 1. The SMILES string of the molecule is COc1ccc([C@H]2C(=C(O)c3ccccc3)C(=O)C(=O)N2c2nc3ccccc3s2)cc1. The van der Waals surface area contributed by atoms with E-state index in [1.807, 2.05) is 30.3 Å². The second-order valence-electron chi connectivity index (χ2n) is 7.27. The van der Waals surface area contributed by atoms with Crippen molar-refractivity contribution in [2.75, 3.05) is 12.0 Å². The molecule has 1 amide bonds. The van der Waals surface area contributed by atoms with Crippen LogP contribution < -0.4 is 9.64 Å². The van der Waals surface area contributed by atoms with Crippen molar-refractivity contribution in [1.29, 1.82) is 0 Å². The van der Waals surface area contributed by atoms with Gasteiger partial charge in [-0.25, -0.2) is 4.98 Å². The van der Waals surface area contributed by atoms with E-state index in [0.717, 1.165) is 10.2 Å². The summed E-state index contributed by atoms with van der Waals surface area (Å²) >= 11 is 1.33. The minimum atomic E-state index is -0.818. The Bertz CT molecular complexity index is 1330. The zero-order valence-corrected chi connectivity index (χ0v) is 17.9. The van der Waals surface area contributed by atoms with Gasteiger partial charge < -0.3 is 9.84 Å². The van der Waals surface area contributed by atoms with E-state index in [4.69, 9.17) is 4.74 Å². The van der Waals surface area contributed by atoms with Gasteiger partial charge in [-0.3, -0.25) is 14.5 Å². The van der Waals surface area contributed by atoms with Crippen LogP contribution in [0.15, 0.2) is 84.4 Å². The first-order chi connectivity index (χ1) is 15.6. The summed E-state index contributed by atoms with van der Waals surface area (Å²) in [6.07, 6.45) is 0. The second kappa shape index (κ2) is 7.94. The van der Waals surface area contributed by atoms with E-state index in [-0.39, 0.29) is 11.3 Å². The van der Waals surface area contributed by atoms with E-state index in [2.05, 4.69) is 4.98 Å². The number of hydrogen-bond donors (Lipinski definition) is 1. The number of rotatable bonds is 4. The average molecular weight is 442 g/mol. The first kappa shape index (κ1) is 20.0. The summed E-state index contributed by atoms with van der Waals surface area (Å²) in [5, 5.41) is 11.5. The van der Waals surface area contributed by atoms with E-state index in [1.165, 1.54) is 16.2 Å². The normalized spacial score (nSPS) is 17.8. The molecular formula is C25H18N2O4S. The summed E-state index contributed by atoms with van der Waals surface area (Å²) < 4.78 is 6.15. The van der Waals surface area contributed by atoms with E-state index < -0.39 is 17.7 Å². The third-order valence-corrected chi connectivity index (χ3v) is 6.45. The molecule has 6 nitrogen and oxygen atoms in total. The van der Waals surface area contributed by atoms with Crippen LogP contribution in [0.2, 0.25) is 0 Å². The van der Waals surface area contributed by atoms with Gasteiger partial charge in [0.15, 0.2) is 5.13 Å². The highest BCUT2D eigenvalue weighted by atomic mass is 32.1. The molecule has 1 aliphatic heterocycles. The molecule has 32 heavy (non-hydrogen) atoms. The maximum Gasteiger partial charge on any atom is 0.301 e. The van der Waals surface area contributed by atoms with E-state index in [1.54, 1.807) is 55.6 Å². The van der Waals surface area contributed by atoms with Gasteiger partial charge >= 0.3 is 5.91 Å². The molecule has 0 aliphatic carbocycles. The molecular weight excluding hydrogens is 424 g/mol. The van der Waals surface area contributed by atoms with E-state index >= 15 is 0 Å². The lowest BCUT2D eigenvalue weighted by Gasteiger charge is -2.23. The first-order valence-electron chi connectivity index (χ1n) is 9.94. The monoisotopic (exact) mass is 442 g/mol. The van der Waals surface area contributed by atoms with Crippen LogP contribution in [0.3, 0.4) is 0 Å². The molecule has 0 bridgehead atoms. The van der Waals surface area contributed by atoms with Crippen molar-refractivity contribution in [2.24, 2.45) is 0 Å². The van der Waals surface area contributed by atoms with Crippen LogP contribution >= 0.6 is 11.3 Å². The molecule has 1 aliphatic rings. The molecule has 0 unspecified atom stereocenters. The van der Waals surface area contributed by atoms with E-state index in [0.29, 0.717) is 22.0 Å². The molecule has 158 valence electrons. The number of anilines is 1. The maximum absolute atomic E-state index is 13.2. The lowest BCUT2D eigenvalue weighted by Crippen LogP contribution is -2.29. The Balaban J connectivity index is 1.72. The molecule has 1 atom stereocenters. The van der Waals surface area contributed by atoms with Crippen molar-refractivity contribution in [1.82, 2.24) is 4.98 Å². The zero-order chi connectivity index (χ0) is 22.2. The number of Topliss-reactive ketones (excluding diaryl/α,β-unsaturated/α-hetero) is 1. The van der Waals surface area contributed by atoms with Crippen LogP contribution in [0.5, 0.6) is 5.75 Å². The second-order valence-corrected chi connectivity index (χ2v) is 8.28. The maximum atomic E-state index is 13.2. The Morgan fingerprint density at radius 3 is 2.34 bits per heavy atom. The summed E-state index contributed by atoms with van der Waals surface area (Å²) in [7, 11) is 1.57. The average Bonchev–Trinajstić information content (AvgIpc) is 3.38. The lowest BCUT2D eigenvalue weighted by atomic mass is 9.95. The molecule has 7 heteroatoms. The van der Waals surface area contributed by atoms with E-state index in [9.17, 15) is 14.7 Å². The van der Waals surface area contributed by atoms with Crippen molar-refractivity contribution < 1.29 is 19.4 Å². The van der Waals surface area contributed by atoms with Gasteiger partial charge in [-0.05, 0) is 29.8 Å². The fourth-order valence-corrected chi connectivity index (χ4v) is 4.84. The fraction of sp³-hybridized carbons (Fsp3) is 0.0800. The molecule has 0 saturated carbocycles. The number of nitrogens with zero attached hydrogens (tertiary/aromatic N) is 2. The highest BCUT2D eigenvalue weighted by Gasteiger charge is 2.48. The third kappa shape index (κ3) is 3.23. The topological polar surface area (TPSA) is 79.7 Å². The number of ether oxygens (including phenoxy) is 1. The van der Waals surface area contributed by atoms with Crippen LogP contribution in [-0.2, 0) is 9.59 Å². The fourth-order valence-electron chi connectivity index (χ4n) is 3.85. The molecule has 1 fully saturated rings. The van der Waals surface area contributed by atoms with Crippen LogP contribution in [0, 0.1) is 0 Å². The number of methoxy groups -OCH3 is 1. The summed E-state index contributed by atoms with van der Waals surface area (Å²) in [6, 6.07) is 22.6. The number of ketones is 1. The Morgan fingerprint density at radius 2 is 1.66 bits per heavy atom. The van der Waals surface area contributed by atoms with Gasteiger partial charge in [-0.2, -0.15) is 0 Å². The standard InChI is InChI=1S/C25H18N2O4S/c1-31-17-13-11-15(12-14-17)21-20(22(28)16-7-3-2-4-8-16)23(29)24(30)27(21)25-26-18-9-5-6-10-19(18)32-25/h2-14,21,28H,1H3/t21-/m0/s1. The van der Waals surface area contributed by atoms with Gasteiger partial charge in [-0.1, -0.05) is 65.9 Å². The lowest BCUT2D eigenvalue weighted by molar-refractivity contribution is -0.132. The molecule has 4 aromatic rings. The number of carbonyl (C=O) groups excluding carboxylic acids is 2. The summed E-state index contributed by atoms with van der Waals surface area (Å²) in [4.78, 5) is 32.4. The smallest absolute Gasteiger partial charge is 0.301 e. The van der Waals surface area contributed by atoms with Crippen LogP contribution in [0.25, 0.3) is 16.0 Å². The summed E-state index contributed by atoms with van der Waals surface area (Å²) in [5.74, 6) is -1.03. The molecule has 1 aromatic heterocycles. The Morgan fingerprint density at radius 1 is 0.969 bits per heavy atom. The van der Waals surface area contributed by atoms with Crippen molar-refractivity contribution in [3.63, 3.8) is 0 Å². The van der Waals surface area contributed by atoms with Crippen LogP contribution in [0.1, 0.15) is 17.2 Å². The van der Waals surface area contributed by atoms with Crippen molar-refractivity contribution >= 4 is 44.1 Å². The molecule has 5 rings (SSSR count). The third-order valence-electron chi connectivity index (χ3n) is 5.41. The van der Waals surface area contributed by atoms with Gasteiger partial charge in [0.25, 0.3) is 5.78 Å². The van der Waals surface area contributed by atoms with Gasteiger partial charge in [0.05, 0.1) is 28.9 Å². The molecule has 1 N–H and O–H groups in total. The van der Waals surface area contributed by atoms with Crippen molar-refractivity contribution in [3.8, 4) is 5.75 Å². The van der Waals surface area contributed by atoms with Gasteiger partial charge in [0.2, 0.25) is 0 Å². The number of para-hydroxylation sites is 1. The predicted octanol–water partition coefficient (Wildman–Crippen LogP) is 4.93. The van der Waals surface area contributed by atoms with Crippen molar-refractivity contribution in [3.05, 3.63) is 95.6 Å². The highest BCUT2D eigenvalue weighted by molar-refractivity contribution is 7.22. The first-order valence-corrected chi connectivity index (χ1v) is 10.8. The van der Waals surface area contributed by atoms with Crippen LogP contribution in [-0.4, -0.2) is 28.9 Å². The number of thiazole rings is 1. The number of aromatic nitrogens is 1.